The Morgan fingerprint density at radius 3 is 2.62 bits per heavy atom. The van der Waals surface area contributed by atoms with Gasteiger partial charge in [0.1, 0.15) is 5.82 Å². The largest absolute Gasteiger partial charge is 0.316 e. The van der Waals surface area contributed by atoms with Crippen molar-refractivity contribution in [1.29, 1.82) is 0 Å². The summed E-state index contributed by atoms with van der Waals surface area (Å²) in [5, 5.41) is 0. The Hall–Kier alpha value is -1.36. The lowest BCUT2D eigenvalue weighted by Gasteiger charge is -2.33. The van der Waals surface area contributed by atoms with Crippen LogP contribution in [0.3, 0.4) is 0 Å². The van der Waals surface area contributed by atoms with Gasteiger partial charge in [-0.25, -0.2) is 11.0 Å². The first-order valence-corrected chi connectivity index (χ1v) is 5.86. The van der Waals surface area contributed by atoms with Crippen molar-refractivity contribution in [2.45, 2.75) is 37.5 Å². The maximum absolute atomic E-state index is 13.3. The summed E-state index contributed by atoms with van der Waals surface area (Å²) in [6.45, 7) is 7.59. The smallest absolute Gasteiger partial charge is 0.224 e. The molecule has 84 valence electrons. The van der Waals surface area contributed by atoms with Crippen molar-refractivity contribution >= 4 is 0 Å². The minimum atomic E-state index is -0.188. The molecule has 1 aliphatic rings. The third-order valence-corrected chi connectivity index (χ3v) is 3.63. The second-order valence-electron chi connectivity index (χ2n) is 4.67. The zero-order valence-corrected chi connectivity index (χ0v) is 9.38. The summed E-state index contributed by atoms with van der Waals surface area (Å²) in [5.74, 6) is -0.188. The highest BCUT2D eigenvalue weighted by atomic mass is 19.1. The summed E-state index contributed by atoms with van der Waals surface area (Å²) >= 11 is 0. The van der Waals surface area contributed by atoms with Crippen LogP contribution in [-0.4, -0.2) is 6.54 Å². The highest BCUT2D eigenvalue weighted by Gasteiger charge is 2.37. The fraction of sp³-hybridized carbons (Fsp3) is 0.500. The Morgan fingerprint density at radius 1 is 1.25 bits per heavy atom. The molecular formula is C14H16FN. The third kappa shape index (κ3) is 2.09. The van der Waals surface area contributed by atoms with Crippen molar-refractivity contribution in [2.75, 3.05) is 6.54 Å². The minimum absolute atomic E-state index is 0.0812. The molecule has 1 nitrogen and oxygen atoms in total. The minimum Gasteiger partial charge on any atom is -0.316 e. The Balaban J connectivity index is 2.35. The van der Waals surface area contributed by atoms with Gasteiger partial charge < -0.3 is 4.85 Å². The van der Waals surface area contributed by atoms with Gasteiger partial charge in [0, 0.05) is 0 Å². The van der Waals surface area contributed by atoms with Crippen molar-refractivity contribution in [3.63, 3.8) is 0 Å². The van der Waals surface area contributed by atoms with Crippen LogP contribution >= 0.6 is 0 Å². The monoisotopic (exact) mass is 217 g/mol. The van der Waals surface area contributed by atoms with Gasteiger partial charge in [-0.3, -0.25) is 0 Å². The van der Waals surface area contributed by atoms with Gasteiger partial charge in [0.25, 0.3) is 0 Å². The zero-order valence-electron chi connectivity index (χ0n) is 9.38. The number of hydrogen-bond donors (Lipinski definition) is 0. The predicted molar refractivity (Wildman–Crippen MR) is 62.6 cm³/mol. The molecule has 0 amide bonds. The highest BCUT2D eigenvalue weighted by Crippen LogP contribution is 2.39. The summed E-state index contributed by atoms with van der Waals surface area (Å²) < 4.78 is 13.3. The quantitative estimate of drug-likeness (QED) is 0.661. The molecule has 0 N–H and O–H groups in total. The Labute approximate surface area is 96.1 Å². The Morgan fingerprint density at radius 2 is 2.00 bits per heavy atom. The molecule has 0 saturated heterocycles. The van der Waals surface area contributed by atoms with Gasteiger partial charge in [-0.2, -0.15) is 0 Å². The summed E-state index contributed by atoms with van der Waals surface area (Å²) in [4.78, 5) is 3.57. The molecule has 2 rings (SSSR count). The molecule has 0 unspecified atom stereocenters. The van der Waals surface area contributed by atoms with Crippen LogP contribution in [0.25, 0.3) is 4.85 Å². The van der Waals surface area contributed by atoms with Crippen molar-refractivity contribution in [3.05, 3.63) is 47.1 Å². The van der Waals surface area contributed by atoms with Crippen LogP contribution in [0.2, 0.25) is 0 Å². The summed E-state index contributed by atoms with van der Waals surface area (Å²) in [7, 11) is 0. The van der Waals surface area contributed by atoms with Gasteiger partial charge in [0.05, 0.1) is 5.41 Å². The van der Waals surface area contributed by atoms with Gasteiger partial charge in [-0.15, -0.1) is 0 Å². The molecule has 1 fully saturated rings. The van der Waals surface area contributed by atoms with E-state index in [2.05, 4.69) is 4.85 Å². The second kappa shape index (κ2) is 4.65. The van der Waals surface area contributed by atoms with E-state index in [0.717, 1.165) is 31.2 Å². The Kier molecular flexibility index (Phi) is 3.24. The lowest BCUT2D eigenvalue weighted by Crippen LogP contribution is -2.31. The lowest BCUT2D eigenvalue weighted by molar-refractivity contribution is 0.312. The van der Waals surface area contributed by atoms with Crippen LogP contribution in [0.4, 0.5) is 4.39 Å². The summed E-state index contributed by atoms with van der Waals surface area (Å²) in [6, 6.07) is 6.80. The van der Waals surface area contributed by atoms with Gasteiger partial charge in [0.15, 0.2) is 0 Å². The van der Waals surface area contributed by atoms with Crippen molar-refractivity contribution in [1.82, 2.24) is 0 Å². The van der Waals surface area contributed by atoms with E-state index in [1.807, 2.05) is 6.07 Å². The van der Waals surface area contributed by atoms with E-state index in [4.69, 9.17) is 6.57 Å². The van der Waals surface area contributed by atoms with Crippen LogP contribution in [0.15, 0.2) is 24.3 Å². The normalized spacial score (nSPS) is 19.0. The number of nitrogens with zero attached hydrogens (tertiary/aromatic N) is 1. The molecular weight excluding hydrogens is 201 g/mol. The molecule has 0 spiro atoms. The van der Waals surface area contributed by atoms with Crippen LogP contribution in [0.1, 0.15) is 37.7 Å². The van der Waals surface area contributed by atoms with E-state index in [1.165, 1.54) is 12.5 Å². The SMILES string of the molecule is [C-]#[N+]CC1(c2cccc(F)c2)CCCCC1. The van der Waals surface area contributed by atoms with Gasteiger partial charge in [-0.05, 0) is 30.5 Å². The number of hydrogen-bond acceptors (Lipinski definition) is 0. The molecule has 1 aromatic rings. The second-order valence-corrected chi connectivity index (χ2v) is 4.67. The van der Waals surface area contributed by atoms with E-state index in [0.29, 0.717) is 6.54 Å². The van der Waals surface area contributed by atoms with E-state index in [-0.39, 0.29) is 11.2 Å². The van der Waals surface area contributed by atoms with Gasteiger partial charge in [0.2, 0.25) is 6.54 Å². The maximum atomic E-state index is 13.3. The van der Waals surface area contributed by atoms with Crippen molar-refractivity contribution < 1.29 is 4.39 Å². The molecule has 0 aromatic heterocycles. The van der Waals surface area contributed by atoms with Crippen molar-refractivity contribution in [2.24, 2.45) is 0 Å². The topological polar surface area (TPSA) is 4.36 Å². The molecule has 0 radical (unpaired) electrons. The number of halogens is 1. The molecule has 0 atom stereocenters. The average Bonchev–Trinajstić information content (AvgIpc) is 2.31. The van der Waals surface area contributed by atoms with Crippen LogP contribution in [-0.2, 0) is 5.41 Å². The number of benzene rings is 1. The highest BCUT2D eigenvalue weighted by molar-refractivity contribution is 5.28. The fourth-order valence-electron chi connectivity index (χ4n) is 2.74. The van der Waals surface area contributed by atoms with E-state index >= 15 is 0 Å². The van der Waals surface area contributed by atoms with E-state index in [1.54, 1.807) is 12.1 Å². The first-order valence-electron chi connectivity index (χ1n) is 5.86. The predicted octanol–water partition coefficient (Wildman–Crippen LogP) is 3.95. The molecule has 2 heteroatoms. The molecule has 0 bridgehead atoms. The summed E-state index contributed by atoms with van der Waals surface area (Å²) in [6.07, 6.45) is 5.62. The maximum Gasteiger partial charge on any atom is 0.224 e. The molecule has 1 aromatic carbocycles. The van der Waals surface area contributed by atoms with Crippen LogP contribution in [0, 0.1) is 12.4 Å². The summed E-state index contributed by atoms with van der Waals surface area (Å²) in [5.41, 5.74) is 0.936. The average molecular weight is 217 g/mol. The molecule has 1 saturated carbocycles. The van der Waals surface area contributed by atoms with Crippen LogP contribution < -0.4 is 0 Å². The zero-order chi connectivity index (χ0) is 11.4. The molecule has 1 aliphatic carbocycles. The first-order chi connectivity index (χ1) is 7.77. The van der Waals surface area contributed by atoms with E-state index in [9.17, 15) is 4.39 Å². The molecule has 16 heavy (non-hydrogen) atoms. The first kappa shape index (κ1) is 11.1. The van der Waals surface area contributed by atoms with E-state index < -0.39 is 0 Å². The van der Waals surface area contributed by atoms with Crippen LogP contribution in [0.5, 0.6) is 0 Å². The fourth-order valence-corrected chi connectivity index (χ4v) is 2.74. The lowest BCUT2D eigenvalue weighted by atomic mass is 9.69. The van der Waals surface area contributed by atoms with Gasteiger partial charge >= 0.3 is 0 Å². The number of rotatable bonds is 2. The Bertz CT molecular complexity index is 399. The molecule has 0 aliphatic heterocycles. The third-order valence-electron chi connectivity index (χ3n) is 3.63. The van der Waals surface area contributed by atoms with Crippen molar-refractivity contribution in [3.8, 4) is 0 Å². The van der Waals surface area contributed by atoms with Gasteiger partial charge in [-0.1, -0.05) is 31.4 Å². The standard InChI is InChI=1S/C14H16FN/c1-16-11-14(8-3-2-4-9-14)12-6-5-7-13(15)10-12/h5-7,10H,2-4,8-9,11H2. The molecule has 0 heterocycles.